The minimum absolute atomic E-state index is 0.171. The molecule has 2 heterocycles. The highest BCUT2D eigenvalue weighted by Gasteiger charge is 2.25. The minimum Gasteiger partial charge on any atom is -0.462 e. The van der Waals surface area contributed by atoms with Crippen LogP contribution in [0.3, 0.4) is 0 Å². The monoisotopic (exact) mass is 503 g/mol. The summed E-state index contributed by atoms with van der Waals surface area (Å²) in [6, 6.07) is 6.31. The third-order valence-electron chi connectivity index (χ3n) is 5.09. The summed E-state index contributed by atoms with van der Waals surface area (Å²) in [4.78, 5) is 37.3. The number of nitrogens with one attached hydrogen (secondary N) is 3. The Morgan fingerprint density at radius 2 is 1.92 bits per heavy atom. The van der Waals surface area contributed by atoms with Gasteiger partial charge in [-0.05, 0) is 53.7 Å². The number of hydrogen-bond acceptors (Lipinski definition) is 7. The van der Waals surface area contributed by atoms with Crippen LogP contribution in [-0.4, -0.2) is 52.2 Å². The first-order valence-electron chi connectivity index (χ1n) is 11.6. The van der Waals surface area contributed by atoms with Crippen LogP contribution in [0.5, 0.6) is 0 Å². The summed E-state index contributed by atoms with van der Waals surface area (Å²) in [6.07, 6.45) is -3.18. The van der Waals surface area contributed by atoms with Crippen LogP contribution in [0.25, 0.3) is 22.3 Å². The molecule has 0 aliphatic rings. The van der Waals surface area contributed by atoms with Crippen molar-refractivity contribution in [3.63, 3.8) is 0 Å². The number of aryl methyl sites for hydroxylation is 1. The van der Waals surface area contributed by atoms with Crippen LogP contribution < -0.4 is 10.6 Å². The molecule has 1 aromatic carbocycles. The minimum atomic E-state index is -2.55. The summed E-state index contributed by atoms with van der Waals surface area (Å²) in [5, 5.41) is 5.35. The number of carbonyl (C=O) groups is 2. The molecule has 36 heavy (non-hydrogen) atoms. The molecule has 0 fully saturated rings. The number of H-pyrrole nitrogens is 1. The second kappa shape index (κ2) is 10.9. The molecule has 3 rings (SSSR count). The summed E-state index contributed by atoms with van der Waals surface area (Å²) in [5.41, 5.74) is 2.58. The predicted octanol–water partition coefficient (Wildman–Crippen LogP) is 5.37. The van der Waals surface area contributed by atoms with Crippen LogP contribution in [0.1, 0.15) is 62.4 Å². The Balaban J connectivity index is 2.06. The third kappa shape index (κ3) is 6.46. The van der Waals surface area contributed by atoms with Gasteiger partial charge in [0.1, 0.15) is 16.9 Å². The van der Waals surface area contributed by atoms with Gasteiger partial charge < -0.3 is 25.1 Å². The molecule has 194 valence electrons. The number of aromatic nitrogens is 3. The number of ether oxygens (including phenoxy) is 2. The summed E-state index contributed by atoms with van der Waals surface area (Å²) < 4.78 is 36.1. The normalized spacial score (nSPS) is 12.5. The van der Waals surface area contributed by atoms with Crippen LogP contribution in [0, 0.1) is 6.92 Å². The maximum absolute atomic E-state index is 12.8. The Kier molecular flexibility index (Phi) is 8.11. The van der Waals surface area contributed by atoms with Crippen LogP contribution >= 0.6 is 0 Å². The van der Waals surface area contributed by atoms with Crippen LogP contribution in [0.4, 0.5) is 19.4 Å². The van der Waals surface area contributed by atoms with E-state index in [9.17, 15) is 18.4 Å². The molecular weight excluding hydrogens is 472 g/mol. The third-order valence-corrected chi connectivity index (χ3v) is 5.09. The van der Waals surface area contributed by atoms with Crippen LogP contribution in [0.15, 0.2) is 24.3 Å². The molecule has 0 aliphatic carbocycles. The molecular formula is C25H31F2N5O4. The highest BCUT2D eigenvalue weighted by atomic mass is 19.3. The number of anilines is 1. The molecule has 11 heteroatoms. The number of rotatable bonds is 8. The van der Waals surface area contributed by atoms with Crippen molar-refractivity contribution in [1.82, 2.24) is 20.3 Å². The van der Waals surface area contributed by atoms with Gasteiger partial charge in [0, 0.05) is 11.3 Å². The summed E-state index contributed by atoms with van der Waals surface area (Å²) in [5.74, 6) is -0.318. The Morgan fingerprint density at radius 3 is 2.56 bits per heavy atom. The van der Waals surface area contributed by atoms with E-state index in [1.165, 1.54) is 0 Å². The highest BCUT2D eigenvalue weighted by molar-refractivity contribution is 5.96. The number of aromatic amines is 1. The smallest absolute Gasteiger partial charge is 0.408 e. The van der Waals surface area contributed by atoms with Crippen molar-refractivity contribution in [3.05, 3.63) is 41.2 Å². The fraction of sp³-hybridized carbons (Fsp3) is 0.440. The Labute approximate surface area is 208 Å². The van der Waals surface area contributed by atoms with Crippen molar-refractivity contribution in [1.29, 1.82) is 0 Å². The zero-order valence-electron chi connectivity index (χ0n) is 21.2. The van der Waals surface area contributed by atoms with E-state index in [1.807, 2.05) is 0 Å². The van der Waals surface area contributed by atoms with E-state index in [1.54, 1.807) is 65.8 Å². The second-order valence-electron chi connectivity index (χ2n) is 9.20. The number of carbonyl (C=O) groups excluding carboxylic acids is 2. The largest absolute Gasteiger partial charge is 0.462 e. The van der Waals surface area contributed by atoms with E-state index >= 15 is 0 Å². The number of fused-ring (bicyclic) bond motifs is 1. The molecule has 0 saturated heterocycles. The molecule has 1 amide bonds. The van der Waals surface area contributed by atoms with E-state index in [0.29, 0.717) is 33.7 Å². The fourth-order valence-corrected chi connectivity index (χ4v) is 3.62. The lowest BCUT2D eigenvalue weighted by molar-refractivity contribution is 0.0489. The van der Waals surface area contributed by atoms with Gasteiger partial charge in [0.25, 0.3) is 6.43 Å². The van der Waals surface area contributed by atoms with Crippen molar-refractivity contribution in [2.45, 2.75) is 59.6 Å². The molecule has 0 aliphatic heterocycles. The van der Waals surface area contributed by atoms with Gasteiger partial charge in [-0.2, -0.15) is 0 Å². The van der Waals surface area contributed by atoms with Gasteiger partial charge in [-0.25, -0.2) is 28.3 Å². The average molecular weight is 504 g/mol. The first-order chi connectivity index (χ1) is 16.9. The number of para-hydroxylation sites is 1. The molecule has 0 spiro atoms. The van der Waals surface area contributed by atoms with Gasteiger partial charge in [-0.15, -0.1) is 0 Å². The standard InChI is InChI=1S/C25H31F2N5O4/c1-7-35-23(33)16-11-18(31-20(16)13(2)30-24(34)36-25(4,5)6)15-9-8-10-17-21(15)32-22(14(3)29-17)28-12-19(26)27/h8-11,13,19,31H,7,12H2,1-6H3,(H,28,32)(H,30,34). The van der Waals surface area contributed by atoms with Gasteiger partial charge in [-0.3, -0.25) is 0 Å². The Hall–Kier alpha value is -3.76. The lowest BCUT2D eigenvalue weighted by Gasteiger charge is -2.22. The number of hydrogen-bond donors (Lipinski definition) is 3. The number of alkyl carbamates (subject to hydrolysis) is 1. The predicted molar refractivity (Wildman–Crippen MR) is 132 cm³/mol. The van der Waals surface area contributed by atoms with E-state index in [2.05, 4.69) is 25.6 Å². The number of halogens is 2. The number of benzene rings is 1. The van der Waals surface area contributed by atoms with Gasteiger partial charge in [0.05, 0.1) is 41.7 Å². The average Bonchev–Trinajstić information content (AvgIpc) is 3.21. The SMILES string of the molecule is CCOC(=O)c1cc(-c2cccc3nc(C)c(NCC(F)F)nc23)[nH]c1C(C)NC(=O)OC(C)(C)C. The zero-order valence-corrected chi connectivity index (χ0v) is 21.2. The second-order valence-corrected chi connectivity index (χ2v) is 9.20. The van der Waals surface area contributed by atoms with Gasteiger partial charge in [0.2, 0.25) is 0 Å². The van der Waals surface area contributed by atoms with E-state index in [4.69, 9.17) is 9.47 Å². The van der Waals surface area contributed by atoms with Crippen molar-refractivity contribution < 1.29 is 27.8 Å². The molecule has 3 aromatic rings. The van der Waals surface area contributed by atoms with Crippen LogP contribution in [0.2, 0.25) is 0 Å². The molecule has 0 bridgehead atoms. The topological polar surface area (TPSA) is 118 Å². The van der Waals surface area contributed by atoms with Crippen molar-refractivity contribution in [2.24, 2.45) is 0 Å². The molecule has 2 aromatic heterocycles. The maximum Gasteiger partial charge on any atom is 0.408 e. The first kappa shape index (κ1) is 26.8. The first-order valence-corrected chi connectivity index (χ1v) is 11.6. The number of esters is 1. The summed E-state index contributed by atoms with van der Waals surface area (Å²) in [7, 11) is 0. The molecule has 0 saturated carbocycles. The van der Waals surface area contributed by atoms with Gasteiger partial charge in [0.15, 0.2) is 0 Å². The van der Waals surface area contributed by atoms with Crippen molar-refractivity contribution >= 4 is 28.9 Å². The number of amides is 1. The number of nitrogens with zero attached hydrogens (tertiary/aromatic N) is 2. The number of alkyl halides is 2. The summed E-state index contributed by atoms with van der Waals surface area (Å²) in [6.45, 7) is 9.96. The molecule has 0 radical (unpaired) electrons. The highest BCUT2D eigenvalue weighted by Crippen LogP contribution is 2.31. The van der Waals surface area contributed by atoms with E-state index < -0.39 is 36.7 Å². The molecule has 9 nitrogen and oxygen atoms in total. The quantitative estimate of drug-likeness (QED) is 0.354. The maximum atomic E-state index is 12.8. The summed E-state index contributed by atoms with van der Waals surface area (Å²) >= 11 is 0. The fourth-order valence-electron chi connectivity index (χ4n) is 3.62. The van der Waals surface area contributed by atoms with Crippen molar-refractivity contribution in [3.8, 4) is 11.3 Å². The lowest BCUT2D eigenvalue weighted by Crippen LogP contribution is -2.34. The van der Waals surface area contributed by atoms with Crippen molar-refractivity contribution in [2.75, 3.05) is 18.5 Å². The van der Waals surface area contributed by atoms with E-state index in [0.717, 1.165) is 0 Å². The molecule has 1 atom stereocenters. The lowest BCUT2D eigenvalue weighted by atomic mass is 10.1. The Morgan fingerprint density at radius 1 is 1.19 bits per heavy atom. The molecule has 3 N–H and O–H groups in total. The Bertz CT molecular complexity index is 1250. The van der Waals surface area contributed by atoms with E-state index in [-0.39, 0.29) is 18.0 Å². The van der Waals surface area contributed by atoms with Gasteiger partial charge >= 0.3 is 12.1 Å². The van der Waals surface area contributed by atoms with Gasteiger partial charge in [-0.1, -0.05) is 12.1 Å². The molecule has 1 unspecified atom stereocenters. The van der Waals surface area contributed by atoms with Crippen LogP contribution in [-0.2, 0) is 9.47 Å². The zero-order chi connectivity index (χ0) is 26.6.